The third kappa shape index (κ3) is 7.25. The van der Waals surface area contributed by atoms with E-state index in [2.05, 4.69) is 32.4 Å². The summed E-state index contributed by atoms with van der Waals surface area (Å²) in [4.78, 5) is 16.2. The third-order valence-electron chi connectivity index (χ3n) is 8.30. The molecule has 4 aromatic rings. The largest absolute Gasteiger partial charge is 0.493 e. The van der Waals surface area contributed by atoms with Crippen LogP contribution >= 0.6 is 0 Å². The molecule has 2 atom stereocenters. The standard InChI is InChI=1S/C34H38N4O4S/c39-34(36-31-15-21-42-33-13-10-25(22-30(31)33)14-18-38-19-16-35-17-20-38)24-32(27-7-2-1-3-8-27)37-43(40,41)29-12-11-26-6-4-5-9-28(26)23-29/h1-13,22-23,31-32,35,37H,14-21,24H2,(H,36,39). The van der Waals surface area contributed by atoms with Crippen molar-refractivity contribution in [2.24, 2.45) is 0 Å². The molecule has 2 unspecified atom stereocenters. The lowest BCUT2D eigenvalue weighted by atomic mass is 9.96. The molecule has 1 amide bonds. The Hall–Kier alpha value is -3.76. The fourth-order valence-corrected chi connectivity index (χ4v) is 7.17. The Labute approximate surface area is 253 Å². The summed E-state index contributed by atoms with van der Waals surface area (Å²) >= 11 is 0. The van der Waals surface area contributed by atoms with E-state index >= 15 is 0 Å². The monoisotopic (exact) mass is 598 g/mol. The van der Waals surface area contributed by atoms with Crippen LogP contribution in [0, 0.1) is 0 Å². The molecule has 6 rings (SSSR count). The number of carbonyl (C=O) groups is 1. The van der Waals surface area contributed by atoms with Gasteiger partial charge in [-0.3, -0.25) is 4.79 Å². The third-order valence-corrected chi connectivity index (χ3v) is 9.76. The summed E-state index contributed by atoms with van der Waals surface area (Å²) in [5.41, 5.74) is 2.92. The van der Waals surface area contributed by atoms with Crippen LogP contribution in [0.5, 0.6) is 5.75 Å². The van der Waals surface area contributed by atoms with Crippen LogP contribution in [0.1, 0.15) is 41.6 Å². The number of rotatable bonds is 10. The Morgan fingerprint density at radius 3 is 2.51 bits per heavy atom. The Balaban J connectivity index is 1.17. The van der Waals surface area contributed by atoms with Crippen molar-refractivity contribution in [2.45, 2.75) is 36.2 Å². The van der Waals surface area contributed by atoms with Crippen molar-refractivity contribution in [3.05, 3.63) is 108 Å². The van der Waals surface area contributed by atoms with Crippen LogP contribution in [0.3, 0.4) is 0 Å². The maximum atomic E-state index is 13.5. The zero-order chi connectivity index (χ0) is 29.6. The predicted octanol–water partition coefficient (Wildman–Crippen LogP) is 4.34. The second-order valence-electron chi connectivity index (χ2n) is 11.3. The summed E-state index contributed by atoms with van der Waals surface area (Å²) in [6.45, 7) is 5.66. The second kappa shape index (κ2) is 13.3. The topological polar surface area (TPSA) is 99.8 Å². The van der Waals surface area contributed by atoms with E-state index in [-0.39, 0.29) is 23.3 Å². The van der Waals surface area contributed by atoms with Gasteiger partial charge in [0.05, 0.1) is 23.6 Å². The number of ether oxygens (including phenoxy) is 1. The zero-order valence-corrected chi connectivity index (χ0v) is 25.0. The van der Waals surface area contributed by atoms with Gasteiger partial charge in [0, 0.05) is 51.1 Å². The Morgan fingerprint density at radius 2 is 1.70 bits per heavy atom. The average molecular weight is 599 g/mol. The van der Waals surface area contributed by atoms with E-state index in [0.717, 1.165) is 66.8 Å². The molecule has 0 radical (unpaired) electrons. The number of fused-ring (bicyclic) bond motifs is 2. The highest BCUT2D eigenvalue weighted by Crippen LogP contribution is 2.33. The molecule has 9 heteroatoms. The molecule has 1 fully saturated rings. The van der Waals surface area contributed by atoms with E-state index in [9.17, 15) is 13.2 Å². The van der Waals surface area contributed by atoms with Gasteiger partial charge in [0.15, 0.2) is 0 Å². The molecule has 224 valence electrons. The summed E-state index contributed by atoms with van der Waals surface area (Å²) in [7, 11) is -3.91. The van der Waals surface area contributed by atoms with Crippen LogP contribution < -0.4 is 20.1 Å². The normalized spacial score (nSPS) is 18.0. The van der Waals surface area contributed by atoms with Crippen molar-refractivity contribution in [1.82, 2.24) is 20.3 Å². The van der Waals surface area contributed by atoms with Crippen LogP contribution in [-0.2, 0) is 21.2 Å². The minimum Gasteiger partial charge on any atom is -0.493 e. The smallest absolute Gasteiger partial charge is 0.241 e. The summed E-state index contributed by atoms with van der Waals surface area (Å²) < 4.78 is 35.8. The zero-order valence-electron chi connectivity index (χ0n) is 24.2. The number of hydrogen-bond acceptors (Lipinski definition) is 6. The molecule has 4 aromatic carbocycles. The fraction of sp³-hybridized carbons (Fsp3) is 0.324. The molecule has 0 bridgehead atoms. The van der Waals surface area contributed by atoms with Crippen LogP contribution in [-0.4, -0.2) is 58.6 Å². The van der Waals surface area contributed by atoms with E-state index < -0.39 is 16.1 Å². The number of hydrogen-bond donors (Lipinski definition) is 3. The molecular formula is C34H38N4O4S. The lowest BCUT2D eigenvalue weighted by Crippen LogP contribution is -2.44. The van der Waals surface area contributed by atoms with Gasteiger partial charge in [-0.25, -0.2) is 13.1 Å². The van der Waals surface area contributed by atoms with Crippen molar-refractivity contribution < 1.29 is 17.9 Å². The molecule has 3 N–H and O–H groups in total. The molecule has 43 heavy (non-hydrogen) atoms. The van der Waals surface area contributed by atoms with Crippen LogP contribution in [0.15, 0.2) is 95.9 Å². The highest BCUT2D eigenvalue weighted by molar-refractivity contribution is 7.89. The molecule has 1 saturated heterocycles. The molecule has 0 aromatic heterocycles. The lowest BCUT2D eigenvalue weighted by molar-refractivity contribution is -0.122. The fourth-order valence-electron chi connectivity index (χ4n) is 5.91. The van der Waals surface area contributed by atoms with Crippen LogP contribution in [0.25, 0.3) is 10.8 Å². The summed E-state index contributed by atoms with van der Waals surface area (Å²) in [5, 5.41) is 8.38. The van der Waals surface area contributed by atoms with Gasteiger partial charge in [0.25, 0.3) is 0 Å². The quantitative estimate of drug-likeness (QED) is 0.251. The van der Waals surface area contributed by atoms with Gasteiger partial charge in [0.2, 0.25) is 15.9 Å². The molecule has 0 spiro atoms. The van der Waals surface area contributed by atoms with Crippen molar-refractivity contribution in [3.63, 3.8) is 0 Å². The highest BCUT2D eigenvalue weighted by atomic mass is 32.2. The maximum Gasteiger partial charge on any atom is 0.241 e. The van der Waals surface area contributed by atoms with Gasteiger partial charge in [-0.15, -0.1) is 0 Å². The van der Waals surface area contributed by atoms with E-state index in [4.69, 9.17) is 4.74 Å². The van der Waals surface area contributed by atoms with E-state index in [1.807, 2.05) is 60.7 Å². The van der Waals surface area contributed by atoms with E-state index in [1.54, 1.807) is 18.2 Å². The van der Waals surface area contributed by atoms with Gasteiger partial charge in [0.1, 0.15) is 5.75 Å². The van der Waals surface area contributed by atoms with Crippen LogP contribution in [0.2, 0.25) is 0 Å². The van der Waals surface area contributed by atoms with E-state index in [0.29, 0.717) is 13.0 Å². The van der Waals surface area contributed by atoms with Crippen molar-refractivity contribution >= 4 is 26.7 Å². The molecule has 2 heterocycles. The summed E-state index contributed by atoms with van der Waals surface area (Å²) in [5.74, 6) is 0.568. The number of carbonyl (C=O) groups excluding carboxylic acids is 1. The molecular weight excluding hydrogens is 560 g/mol. The number of sulfonamides is 1. The first kappa shape index (κ1) is 29.3. The van der Waals surface area contributed by atoms with Crippen molar-refractivity contribution in [1.29, 1.82) is 0 Å². The first-order chi connectivity index (χ1) is 20.9. The lowest BCUT2D eigenvalue weighted by Gasteiger charge is -2.29. The number of nitrogens with one attached hydrogen (secondary N) is 3. The summed E-state index contributed by atoms with van der Waals surface area (Å²) in [6.07, 6.45) is 1.55. The molecule has 8 nitrogen and oxygen atoms in total. The number of amides is 1. The van der Waals surface area contributed by atoms with Gasteiger partial charge < -0.3 is 20.3 Å². The Morgan fingerprint density at radius 1 is 0.930 bits per heavy atom. The summed E-state index contributed by atoms with van der Waals surface area (Å²) in [6, 6.07) is 27.3. The first-order valence-electron chi connectivity index (χ1n) is 15.0. The van der Waals surface area contributed by atoms with E-state index in [1.165, 1.54) is 5.56 Å². The highest BCUT2D eigenvalue weighted by Gasteiger charge is 2.28. The van der Waals surface area contributed by atoms with Gasteiger partial charge in [-0.2, -0.15) is 0 Å². The molecule has 2 aliphatic heterocycles. The SMILES string of the molecule is O=C(CC(NS(=O)(=O)c1ccc2ccccc2c1)c1ccccc1)NC1CCOc2ccc(CCN3CCNCC3)cc21. The second-order valence-corrected chi connectivity index (χ2v) is 13.0. The number of benzene rings is 4. The first-order valence-corrected chi connectivity index (χ1v) is 16.5. The average Bonchev–Trinajstić information content (AvgIpc) is 3.04. The number of nitrogens with zero attached hydrogens (tertiary/aromatic N) is 1. The van der Waals surface area contributed by atoms with Crippen molar-refractivity contribution in [2.75, 3.05) is 39.3 Å². The van der Waals surface area contributed by atoms with Gasteiger partial charge in [-0.1, -0.05) is 66.7 Å². The van der Waals surface area contributed by atoms with Gasteiger partial charge in [-0.05, 0) is 52.6 Å². The minimum absolute atomic E-state index is 0.0355. The maximum absolute atomic E-state index is 13.5. The Kier molecular flexibility index (Phi) is 9.04. The molecule has 2 aliphatic rings. The Bertz CT molecular complexity index is 1670. The van der Waals surface area contributed by atoms with Crippen molar-refractivity contribution in [3.8, 4) is 5.75 Å². The number of piperazine rings is 1. The predicted molar refractivity (Wildman–Crippen MR) is 169 cm³/mol. The van der Waals surface area contributed by atoms with Gasteiger partial charge >= 0.3 is 0 Å². The minimum atomic E-state index is -3.91. The molecule has 0 saturated carbocycles. The van der Waals surface area contributed by atoms with Crippen LogP contribution in [0.4, 0.5) is 0 Å². The molecule has 0 aliphatic carbocycles.